The van der Waals surface area contributed by atoms with E-state index in [4.69, 9.17) is 4.42 Å². The molecule has 11 aromatic rings. The van der Waals surface area contributed by atoms with Gasteiger partial charge in [0.15, 0.2) is 5.58 Å². The van der Waals surface area contributed by atoms with Crippen molar-refractivity contribution in [2.24, 2.45) is 0 Å². The third-order valence-electron chi connectivity index (χ3n) is 15.2. The van der Waals surface area contributed by atoms with Crippen LogP contribution in [0.2, 0.25) is 0 Å². The van der Waals surface area contributed by atoms with Crippen LogP contribution in [0.25, 0.3) is 49.4 Å². The number of nitriles is 1. The molecule has 5 heterocycles. The zero-order valence-corrected chi connectivity index (χ0v) is 40.0. The summed E-state index contributed by atoms with van der Waals surface area (Å²) >= 11 is 0. The van der Waals surface area contributed by atoms with Gasteiger partial charge in [0, 0.05) is 55.7 Å². The Hall–Kier alpha value is -8.47. The molecular formula is C63H48BN5O. The molecule has 0 saturated heterocycles. The van der Waals surface area contributed by atoms with Crippen LogP contribution in [-0.4, -0.2) is 11.3 Å². The van der Waals surface area contributed by atoms with Crippen molar-refractivity contribution in [2.75, 3.05) is 14.7 Å². The number of nitrogens with zero attached hydrogens (tertiary/aromatic N) is 5. The number of benzene rings is 9. The van der Waals surface area contributed by atoms with E-state index in [1.165, 1.54) is 43.9 Å². The van der Waals surface area contributed by atoms with Crippen LogP contribution >= 0.6 is 0 Å². The summed E-state index contributed by atoms with van der Waals surface area (Å²) in [5.74, 6) is 0. The summed E-state index contributed by atoms with van der Waals surface area (Å²) in [7, 11) is 0. The maximum Gasteiger partial charge on any atom is 0.252 e. The average molecular weight is 902 g/mol. The summed E-state index contributed by atoms with van der Waals surface area (Å²) in [4.78, 5) is 7.23. The molecule has 0 atom stereocenters. The highest BCUT2D eigenvalue weighted by atomic mass is 16.3. The highest BCUT2D eigenvalue weighted by Gasteiger charge is 2.47. The van der Waals surface area contributed by atoms with E-state index in [1.54, 1.807) is 0 Å². The highest BCUT2D eigenvalue weighted by molar-refractivity contribution is 7.00. The summed E-state index contributed by atoms with van der Waals surface area (Å²) in [6.45, 7) is 13.4. The predicted octanol–water partition coefficient (Wildman–Crippen LogP) is 15.0. The summed E-state index contributed by atoms with van der Waals surface area (Å²) in [6, 6.07) is 69.0. The molecule has 2 aromatic heterocycles. The van der Waals surface area contributed by atoms with Crippen molar-refractivity contribution in [3.8, 4) is 11.8 Å². The average Bonchev–Trinajstić information content (AvgIpc) is 3.93. The zero-order chi connectivity index (χ0) is 47.4. The number of para-hydroxylation sites is 5. The number of rotatable bonds is 4. The van der Waals surface area contributed by atoms with E-state index >= 15 is 0 Å². The third-order valence-corrected chi connectivity index (χ3v) is 15.2. The summed E-state index contributed by atoms with van der Waals surface area (Å²) in [5, 5.41) is 15.6. The molecule has 0 saturated carbocycles. The number of fused-ring (bicyclic) bond motifs is 12. The molecular weight excluding hydrogens is 854 g/mol. The summed E-state index contributed by atoms with van der Waals surface area (Å²) in [5.41, 5.74) is 21.2. The molecule has 0 amide bonds. The standard InChI is InChI=1S/C63H48BN5O/c1-62(2,3)39-24-28-41(29-25-39)66(42-30-26-40(27-31-42)63(4,5)6)43-32-33-48-54(36-43)67(53-22-12-17-47-45-15-8-10-23-57(45)70-61(47)53)55-34-38(37-65)35-56-58(55)64(48)49-18-13-21-52-60(49)69(56)51-20-11-16-46-44-14-7-9-19-50(44)68(52)59(46)51/h7-36H,1-6H3. The van der Waals surface area contributed by atoms with Gasteiger partial charge in [-0.1, -0.05) is 145 Å². The van der Waals surface area contributed by atoms with Crippen molar-refractivity contribution in [2.45, 2.75) is 52.4 Å². The normalized spacial score (nSPS) is 13.5. The van der Waals surface area contributed by atoms with Gasteiger partial charge in [0.1, 0.15) is 5.58 Å². The van der Waals surface area contributed by atoms with Crippen LogP contribution in [0.3, 0.4) is 0 Å². The molecule has 3 aliphatic heterocycles. The van der Waals surface area contributed by atoms with Crippen LogP contribution < -0.4 is 31.1 Å². The quantitative estimate of drug-likeness (QED) is 0.165. The molecule has 0 fully saturated rings. The molecule has 0 radical (unpaired) electrons. The van der Waals surface area contributed by atoms with Gasteiger partial charge in [-0.05, 0) is 117 Å². The van der Waals surface area contributed by atoms with Crippen LogP contribution in [-0.2, 0) is 10.8 Å². The largest absolute Gasteiger partial charge is 0.454 e. The lowest BCUT2D eigenvalue weighted by Gasteiger charge is -2.46. The first kappa shape index (κ1) is 40.6. The van der Waals surface area contributed by atoms with E-state index in [1.807, 2.05) is 12.1 Å². The van der Waals surface area contributed by atoms with Crippen molar-refractivity contribution in [1.82, 2.24) is 4.57 Å². The Labute approximate surface area is 407 Å². The van der Waals surface area contributed by atoms with Crippen molar-refractivity contribution in [3.63, 3.8) is 0 Å². The lowest BCUT2D eigenvalue weighted by molar-refractivity contribution is 0.590. The highest BCUT2D eigenvalue weighted by Crippen LogP contribution is 2.53. The molecule has 0 spiro atoms. The molecule has 7 heteroatoms. The second-order valence-electron chi connectivity index (χ2n) is 21.3. The number of hydrogen-bond donors (Lipinski definition) is 0. The van der Waals surface area contributed by atoms with Gasteiger partial charge in [-0.15, -0.1) is 0 Å². The topological polar surface area (TPSA) is 51.6 Å². The van der Waals surface area contributed by atoms with E-state index in [9.17, 15) is 5.26 Å². The molecule has 0 bridgehead atoms. The maximum absolute atomic E-state index is 11.1. The second kappa shape index (κ2) is 14.3. The van der Waals surface area contributed by atoms with Crippen LogP contribution in [0.4, 0.5) is 51.2 Å². The van der Waals surface area contributed by atoms with Crippen molar-refractivity contribution in [3.05, 3.63) is 199 Å². The van der Waals surface area contributed by atoms with Gasteiger partial charge >= 0.3 is 0 Å². The lowest BCUT2D eigenvalue weighted by Crippen LogP contribution is -2.61. The van der Waals surface area contributed by atoms with Crippen LogP contribution in [0.15, 0.2) is 186 Å². The molecule has 0 aliphatic carbocycles. The van der Waals surface area contributed by atoms with E-state index in [-0.39, 0.29) is 17.5 Å². The molecule has 3 aliphatic rings. The Morgan fingerprint density at radius 2 is 1.07 bits per heavy atom. The zero-order valence-electron chi connectivity index (χ0n) is 40.0. The minimum absolute atomic E-state index is 0.00493. The minimum Gasteiger partial charge on any atom is -0.454 e. The minimum atomic E-state index is -0.160. The van der Waals surface area contributed by atoms with Crippen molar-refractivity contribution in [1.29, 1.82) is 5.26 Å². The fourth-order valence-corrected chi connectivity index (χ4v) is 11.9. The van der Waals surface area contributed by atoms with Gasteiger partial charge in [-0.25, -0.2) is 0 Å². The van der Waals surface area contributed by atoms with E-state index < -0.39 is 0 Å². The summed E-state index contributed by atoms with van der Waals surface area (Å²) < 4.78 is 9.38. The molecule has 334 valence electrons. The number of hydrogen-bond acceptors (Lipinski definition) is 5. The third kappa shape index (κ3) is 5.62. The Kier molecular flexibility index (Phi) is 8.29. The van der Waals surface area contributed by atoms with Gasteiger partial charge in [-0.3, -0.25) is 0 Å². The second-order valence-corrected chi connectivity index (χ2v) is 21.3. The SMILES string of the molecule is CC(C)(C)c1ccc(N(c2ccc(C(C)(C)C)cc2)c2ccc3c(c2)N(c2cccc4c2oc2ccccc24)c2cc(C#N)cc4c2B3c2cccc3c2N4c2cccc4c5ccccc5n-3c24)cc1. The van der Waals surface area contributed by atoms with Gasteiger partial charge in [0.25, 0.3) is 6.71 Å². The first-order chi connectivity index (χ1) is 34.0. The lowest BCUT2D eigenvalue weighted by atomic mass is 9.33. The molecule has 70 heavy (non-hydrogen) atoms. The fraction of sp³-hybridized carbons (Fsp3) is 0.127. The first-order valence-corrected chi connectivity index (χ1v) is 24.4. The Morgan fingerprint density at radius 1 is 0.486 bits per heavy atom. The summed E-state index contributed by atoms with van der Waals surface area (Å²) in [6.07, 6.45) is 0. The smallest absolute Gasteiger partial charge is 0.252 e. The Balaban J connectivity index is 1.08. The maximum atomic E-state index is 11.1. The Morgan fingerprint density at radius 3 is 1.77 bits per heavy atom. The van der Waals surface area contributed by atoms with Crippen molar-refractivity contribution < 1.29 is 4.42 Å². The predicted molar refractivity (Wildman–Crippen MR) is 292 cm³/mol. The van der Waals surface area contributed by atoms with Crippen LogP contribution in [0, 0.1) is 11.3 Å². The van der Waals surface area contributed by atoms with Gasteiger partial charge in [0.05, 0.1) is 45.4 Å². The van der Waals surface area contributed by atoms with Gasteiger partial charge < -0.3 is 23.7 Å². The fourth-order valence-electron chi connectivity index (χ4n) is 11.9. The Bertz CT molecular complexity index is 4010. The van der Waals surface area contributed by atoms with Crippen LogP contribution in [0.5, 0.6) is 0 Å². The number of aromatic nitrogens is 1. The molecule has 6 nitrogen and oxygen atoms in total. The van der Waals surface area contributed by atoms with E-state index in [2.05, 4.69) is 237 Å². The van der Waals surface area contributed by atoms with Crippen LogP contribution in [0.1, 0.15) is 58.2 Å². The van der Waals surface area contributed by atoms with Gasteiger partial charge in [-0.2, -0.15) is 5.26 Å². The van der Waals surface area contributed by atoms with E-state index in [0.29, 0.717) is 5.56 Å². The monoisotopic (exact) mass is 901 g/mol. The number of furan rings is 1. The molecule has 14 rings (SSSR count). The van der Waals surface area contributed by atoms with Gasteiger partial charge in [0.2, 0.25) is 0 Å². The van der Waals surface area contributed by atoms with E-state index in [0.717, 1.165) is 84.3 Å². The van der Waals surface area contributed by atoms with Crippen molar-refractivity contribution >= 4 is 118 Å². The molecule has 9 aromatic carbocycles. The number of anilines is 9. The first-order valence-electron chi connectivity index (χ1n) is 24.4. The molecule has 0 N–H and O–H groups in total. The molecule has 0 unspecified atom stereocenters.